The van der Waals surface area contributed by atoms with Gasteiger partial charge in [-0.1, -0.05) is 0 Å². The smallest absolute Gasteiger partial charge is 0.416 e. The number of halogens is 3. The zero-order valence-corrected chi connectivity index (χ0v) is 10.8. The Bertz CT molecular complexity index is 727. The molecule has 0 unspecified atom stereocenters. The van der Waals surface area contributed by atoms with Crippen molar-refractivity contribution < 1.29 is 22.4 Å². The summed E-state index contributed by atoms with van der Waals surface area (Å²) in [4.78, 5) is 11.9. The first-order valence-electron chi connectivity index (χ1n) is 5.79. The molecule has 4 nitrogen and oxygen atoms in total. The molecule has 21 heavy (non-hydrogen) atoms. The van der Waals surface area contributed by atoms with Gasteiger partial charge in [-0.2, -0.15) is 18.4 Å². The highest BCUT2D eigenvalue weighted by molar-refractivity contribution is 6.03. The second kappa shape index (κ2) is 5.32. The number of hydrogen-bond donors (Lipinski definition) is 1. The van der Waals surface area contributed by atoms with Crippen molar-refractivity contribution in [3.05, 3.63) is 53.0 Å². The van der Waals surface area contributed by atoms with Gasteiger partial charge < -0.3 is 9.73 Å². The first-order chi connectivity index (χ1) is 9.82. The number of nitriles is 1. The van der Waals surface area contributed by atoms with Gasteiger partial charge in [0.25, 0.3) is 5.91 Å². The zero-order chi connectivity index (χ0) is 15.6. The minimum absolute atomic E-state index is 0.00806. The standard InChI is InChI=1S/C14H9F3N2O2/c1-8-4-5-21-12(8)13(20)19-11-3-2-10(14(15,16)17)6-9(11)7-18/h2-6H,1H3,(H,19,20). The van der Waals surface area contributed by atoms with Crippen molar-refractivity contribution in [3.63, 3.8) is 0 Å². The lowest BCUT2D eigenvalue weighted by molar-refractivity contribution is -0.137. The summed E-state index contributed by atoms with van der Waals surface area (Å²) < 4.78 is 42.7. The van der Waals surface area contributed by atoms with E-state index in [9.17, 15) is 18.0 Å². The Morgan fingerprint density at radius 3 is 2.57 bits per heavy atom. The topological polar surface area (TPSA) is 66.0 Å². The molecule has 0 aliphatic carbocycles. The molecule has 0 aliphatic heterocycles. The second-order valence-corrected chi connectivity index (χ2v) is 4.26. The Morgan fingerprint density at radius 1 is 1.33 bits per heavy atom. The van der Waals surface area contributed by atoms with Gasteiger partial charge in [0.2, 0.25) is 0 Å². The summed E-state index contributed by atoms with van der Waals surface area (Å²) in [6.45, 7) is 1.65. The first kappa shape index (κ1) is 14.7. The second-order valence-electron chi connectivity index (χ2n) is 4.26. The Morgan fingerprint density at radius 2 is 2.05 bits per heavy atom. The third-order valence-corrected chi connectivity index (χ3v) is 2.78. The SMILES string of the molecule is Cc1ccoc1C(=O)Nc1ccc(C(F)(F)F)cc1C#N. The summed E-state index contributed by atoms with van der Waals surface area (Å²) in [5, 5.41) is 11.3. The molecule has 0 fully saturated rings. The van der Waals surface area contributed by atoms with E-state index in [-0.39, 0.29) is 17.0 Å². The Kier molecular flexibility index (Phi) is 3.72. The number of amides is 1. The van der Waals surface area contributed by atoms with Crippen LogP contribution in [0.1, 0.15) is 27.2 Å². The fraction of sp³-hybridized carbons (Fsp3) is 0.143. The van der Waals surface area contributed by atoms with E-state index in [4.69, 9.17) is 9.68 Å². The summed E-state index contributed by atoms with van der Waals surface area (Å²) in [7, 11) is 0. The van der Waals surface area contributed by atoms with Gasteiger partial charge >= 0.3 is 6.18 Å². The molecular weight excluding hydrogens is 285 g/mol. The minimum atomic E-state index is -4.55. The number of furan rings is 1. The number of benzene rings is 1. The lowest BCUT2D eigenvalue weighted by Crippen LogP contribution is -2.14. The maximum Gasteiger partial charge on any atom is 0.416 e. The van der Waals surface area contributed by atoms with Crippen LogP contribution in [0.2, 0.25) is 0 Å². The predicted molar refractivity (Wildman–Crippen MR) is 67.6 cm³/mol. The van der Waals surface area contributed by atoms with Crippen LogP contribution in [0.4, 0.5) is 18.9 Å². The van der Waals surface area contributed by atoms with Crippen LogP contribution in [0.25, 0.3) is 0 Å². The number of rotatable bonds is 2. The molecule has 1 aromatic heterocycles. The van der Waals surface area contributed by atoms with Crippen LogP contribution in [0.15, 0.2) is 34.9 Å². The molecule has 108 valence electrons. The molecule has 0 atom stereocenters. The van der Waals surface area contributed by atoms with Gasteiger partial charge in [-0.25, -0.2) is 0 Å². The molecule has 0 saturated heterocycles. The normalized spacial score (nSPS) is 11.0. The molecule has 0 spiro atoms. The van der Waals surface area contributed by atoms with Crippen LogP contribution in [0.5, 0.6) is 0 Å². The van der Waals surface area contributed by atoms with Crippen molar-refractivity contribution in [1.29, 1.82) is 5.26 Å². The van der Waals surface area contributed by atoms with Crippen LogP contribution >= 0.6 is 0 Å². The number of carbonyl (C=O) groups excluding carboxylic acids is 1. The van der Waals surface area contributed by atoms with E-state index in [0.29, 0.717) is 11.6 Å². The average Bonchev–Trinajstić information content (AvgIpc) is 2.84. The third-order valence-electron chi connectivity index (χ3n) is 2.78. The lowest BCUT2D eigenvalue weighted by atomic mass is 10.1. The number of anilines is 1. The highest BCUT2D eigenvalue weighted by atomic mass is 19.4. The quantitative estimate of drug-likeness (QED) is 0.917. The molecule has 2 aromatic rings. The Hall–Kier alpha value is -2.75. The van der Waals surface area contributed by atoms with Crippen molar-refractivity contribution >= 4 is 11.6 Å². The number of carbonyl (C=O) groups is 1. The summed E-state index contributed by atoms with van der Waals surface area (Å²) >= 11 is 0. The van der Waals surface area contributed by atoms with E-state index >= 15 is 0 Å². The molecule has 2 rings (SSSR count). The largest absolute Gasteiger partial charge is 0.459 e. The van der Waals surface area contributed by atoms with E-state index in [1.807, 2.05) is 0 Å². The number of hydrogen-bond acceptors (Lipinski definition) is 3. The van der Waals surface area contributed by atoms with E-state index in [0.717, 1.165) is 12.1 Å². The molecule has 7 heteroatoms. The van der Waals surface area contributed by atoms with Crippen LogP contribution in [-0.4, -0.2) is 5.91 Å². The number of nitrogens with zero attached hydrogens (tertiary/aromatic N) is 1. The van der Waals surface area contributed by atoms with Crippen molar-refractivity contribution in [2.45, 2.75) is 13.1 Å². The number of alkyl halides is 3. The van der Waals surface area contributed by atoms with Crippen molar-refractivity contribution in [3.8, 4) is 6.07 Å². The average molecular weight is 294 g/mol. The van der Waals surface area contributed by atoms with Crippen LogP contribution in [0.3, 0.4) is 0 Å². The third kappa shape index (κ3) is 3.05. The van der Waals surface area contributed by atoms with Gasteiger partial charge in [0, 0.05) is 5.56 Å². The van der Waals surface area contributed by atoms with E-state index in [2.05, 4.69) is 5.32 Å². The van der Waals surface area contributed by atoms with Gasteiger partial charge in [-0.05, 0) is 31.2 Å². The molecule has 1 N–H and O–H groups in total. The van der Waals surface area contributed by atoms with Crippen molar-refractivity contribution in [2.75, 3.05) is 5.32 Å². The molecule has 0 bridgehead atoms. The molecule has 0 aliphatic rings. The Balaban J connectivity index is 2.31. The summed E-state index contributed by atoms with van der Waals surface area (Å²) in [6.07, 6.45) is -3.23. The van der Waals surface area contributed by atoms with Crippen LogP contribution in [0, 0.1) is 18.3 Å². The highest BCUT2D eigenvalue weighted by Gasteiger charge is 2.31. The van der Waals surface area contributed by atoms with Gasteiger partial charge in [0.1, 0.15) is 6.07 Å². The van der Waals surface area contributed by atoms with Crippen LogP contribution < -0.4 is 5.32 Å². The van der Waals surface area contributed by atoms with Gasteiger partial charge in [-0.3, -0.25) is 4.79 Å². The van der Waals surface area contributed by atoms with Gasteiger partial charge in [-0.15, -0.1) is 0 Å². The van der Waals surface area contributed by atoms with Gasteiger partial charge in [0.15, 0.2) is 5.76 Å². The Labute approximate surface area is 117 Å². The molecule has 0 saturated carbocycles. The van der Waals surface area contributed by atoms with Crippen molar-refractivity contribution in [1.82, 2.24) is 0 Å². The van der Waals surface area contributed by atoms with E-state index < -0.39 is 17.6 Å². The number of nitrogens with one attached hydrogen (secondary N) is 1. The molecule has 0 radical (unpaired) electrons. The van der Waals surface area contributed by atoms with Crippen LogP contribution in [-0.2, 0) is 6.18 Å². The lowest BCUT2D eigenvalue weighted by Gasteiger charge is -2.10. The molecule has 1 amide bonds. The van der Waals surface area contributed by atoms with E-state index in [1.54, 1.807) is 19.1 Å². The number of aryl methyl sites for hydroxylation is 1. The fourth-order valence-electron chi connectivity index (χ4n) is 1.71. The molecule has 1 heterocycles. The fourth-order valence-corrected chi connectivity index (χ4v) is 1.71. The molecule has 1 aromatic carbocycles. The maximum absolute atomic E-state index is 12.6. The van der Waals surface area contributed by atoms with Crippen molar-refractivity contribution in [2.24, 2.45) is 0 Å². The molecular formula is C14H9F3N2O2. The maximum atomic E-state index is 12.6. The predicted octanol–water partition coefficient (Wildman–Crippen LogP) is 3.73. The first-order valence-corrected chi connectivity index (χ1v) is 5.79. The van der Waals surface area contributed by atoms with E-state index in [1.165, 1.54) is 6.26 Å². The zero-order valence-electron chi connectivity index (χ0n) is 10.8. The van der Waals surface area contributed by atoms with Gasteiger partial charge in [0.05, 0.1) is 23.1 Å². The summed E-state index contributed by atoms with van der Waals surface area (Å²) in [6, 6.07) is 5.73. The monoisotopic (exact) mass is 294 g/mol. The summed E-state index contributed by atoms with van der Waals surface area (Å²) in [5.41, 5.74) is -0.655. The minimum Gasteiger partial charge on any atom is -0.459 e. The highest BCUT2D eigenvalue weighted by Crippen LogP contribution is 2.31. The summed E-state index contributed by atoms with van der Waals surface area (Å²) in [5.74, 6) is -0.590.